The van der Waals surface area contributed by atoms with Gasteiger partial charge in [0.2, 0.25) is 0 Å². The van der Waals surface area contributed by atoms with Crippen LogP contribution in [0.15, 0.2) is 22.8 Å². The maximum Gasteiger partial charge on any atom is 0.410 e. The molecule has 0 saturated carbocycles. The van der Waals surface area contributed by atoms with Crippen LogP contribution < -0.4 is 0 Å². The number of carbonyl (C=O) groups excluding carboxylic acids is 1. The normalized spacial score (nSPS) is 12.9. The average Bonchev–Trinajstić information content (AvgIpc) is 2.34. The van der Waals surface area contributed by atoms with E-state index < -0.39 is 11.7 Å². The lowest BCUT2D eigenvalue weighted by atomic mass is 10.1. The van der Waals surface area contributed by atoms with Gasteiger partial charge in [0.1, 0.15) is 11.6 Å². The van der Waals surface area contributed by atoms with Gasteiger partial charge < -0.3 is 14.4 Å². The van der Waals surface area contributed by atoms with E-state index in [9.17, 15) is 4.79 Å². The molecule has 0 spiro atoms. The zero-order valence-electron chi connectivity index (χ0n) is 12.5. The number of rotatable bonds is 4. The Morgan fingerprint density at radius 1 is 1.45 bits per heavy atom. The van der Waals surface area contributed by atoms with Gasteiger partial charge in [0.05, 0.1) is 12.3 Å². The first-order valence-electron chi connectivity index (χ1n) is 6.31. The monoisotopic (exact) mass is 344 g/mol. The Kier molecular flexibility index (Phi) is 5.95. The number of hydrogen-bond donors (Lipinski definition) is 0. The third-order valence-corrected chi connectivity index (χ3v) is 3.03. The molecule has 0 aromatic carbocycles. The molecule has 0 radical (unpaired) electrons. The fourth-order valence-corrected chi connectivity index (χ4v) is 1.83. The minimum atomic E-state index is -0.532. The summed E-state index contributed by atoms with van der Waals surface area (Å²) in [6, 6.07) is 3.45. The van der Waals surface area contributed by atoms with Crippen molar-refractivity contribution in [2.24, 2.45) is 0 Å². The van der Waals surface area contributed by atoms with E-state index in [1.54, 1.807) is 20.4 Å². The van der Waals surface area contributed by atoms with Crippen LogP contribution in [0.2, 0.25) is 0 Å². The number of nitrogens with zero attached hydrogens (tertiary/aromatic N) is 2. The maximum absolute atomic E-state index is 12.1. The Morgan fingerprint density at radius 3 is 2.55 bits per heavy atom. The predicted octanol–water partition coefficient (Wildman–Crippen LogP) is 3.40. The Bertz CT molecular complexity index is 443. The summed E-state index contributed by atoms with van der Waals surface area (Å²) < 4.78 is 11.4. The van der Waals surface area contributed by atoms with E-state index in [-0.39, 0.29) is 6.04 Å². The molecule has 1 heterocycles. The van der Waals surface area contributed by atoms with E-state index in [1.807, 2.05) is 32.9 Å². The molecule has 0 bridgehead atoms. The summed E-state index contributed by atoms with van der Waals surface area (Å²) in [5, 5.41) is 0. The van der Waals surface area contributed by atoms with Gasteiger partial charge in [-0.15, -0.1) is 0 Å². The molecular formula is C14H21BrN2O3. The second-order valence-electron chi connectivity index (χ2n) is 5.46. The number of halogens is 1. The summed E-state index contributed by atoms with van der Waals surface area (Å²) in [6.07, 6.45) is 1.30. The molecule has 1 aromatic heterocycles. The first-order chi connectivity index (χ1) is 9.24. The van der Waals surface area contributed by atoms with Crippen LogP contribution in [-0.2, 0) is 9.47 Å². The van der Waals surface area contributed by atoms with Crippen molar-refractivity contribution < 1.29 is 14.3 Å². The molecule has 0 aliphatic rings. The summed E-state index contributed by atoms with van der Waals surface area (Å²) in [7, 11) is 3.27. The number of amides is 1. The summed E-state index contributed by atoms with van der Waals surface area (Å²) in [5.41, 5.74) is 0.222. The van der Waals surface area contributed by atoms with Crippen LogP contribution in [-0.4, -0.2) is 42.3 Å². The highest BCUT2D eigenvalue weighted by atomic mass is 79.9. The summed E-state index contributed by atoms with van der Waals surface area (Å²) in [6.45, 7) is 5.86. The van der Waals surface area contributed by atoms with E-state index in [2.05, 4.69) is 20.9 Å². The number of aromatic nitrogens is 1. The number of likely N-dealkylation sites (N-methyl/N-ethyl adjacent to an activating group) is 1. The number of pyridine rings is 1. The molecule has 1 unspecified atom stereocenters. The highest BCUT2D eigenvalue weighted by Gasteiger charge is 2.27. The first kappa shape index (κ1) is 16.9. The minimum Gasteiger partial charge on any atom is -0.444 e. The molecule has 0 N–H and O–H groups in total. The molecule has 1 rings (SSSR count). The van der Waals surface area contributed by atoms with Crippen LogP contribution in [0, 0.1) is 0 Å². The van der Waals surface area contributed by atoms with Gasteiger partial charge in [-0.1, -0.05) is 0 Å². The summed E-state index contributed by atoms with van der Waals surface area (Å²) in [5.74, 6) is 0. The topological polar surface area (TPSA) is 51.7 Å². The lowest BCUT2D eigenvalue weighted by molar-refractivity contribution is 0.0120. The molecule has 1 aromatic rings. The molecule has 5 nitrogen and oxygen atoms in total. The molecule has 0 fully saturated rings. The Hall–Kier alpha value is -1.14. The fraction of sp³-hybridized carbons (Fsp3) is 0.571. The van der Waals surface area contributed by atoms with E-state index in [0.717, 1.165) is 10.2 Å². The number of methoxy groups -OCH3 is 1. The number of carbonyl (C=O) groups is 1. The van der Waals surface area contributed by atoms with Crippen LogP contribution in [0.4, 0.5) is 4.79 Å². The van der Waals surface area contributed by atoms with Crippen molar-refractivity contribution in [1.29, 1.82) is 0 Å². The van der Waals surface area contributed by atoms with Crippen molar-refractivity contribution in [2.75, 3.05) is 20.8 Å². The second-order valence-corrected chi connectivity index (χ2v) is 6.38. The summed E-state index contributed by atoms with van der Waals surface area (Å²) >= 11 is 3.34. The number of hydrogen-bond acceptors (Lipinski definition) is 4. The zero-order chi connectivity index (χ0) is 15.3. The van der Waals surface area contributed by atoms with Crippen molar-refractivity contribution in [2.45, 2.75) is 32.4 Å². The van der Waals surface area contributed by atoms with Crippen molar-refractivity contribution in [3.8, 4) is 0 Å². The van der Waals surface area contributed by atoms with Gasteiger partial charge in [-0.25, -0.2) is 4.79 Å². The van der Waals surface area contributed by atoms with Crippen molar-refractivity contribution in [3.63, 3.8) is 0 Å². The Balaban J connectivity index is 2.90. The molecule has 20 heavy (non-hydrogen) atoms. The number of ether oxygens (including phenoxy) is 2. The summed E-state index contributed by atoms with van der Waals surface area (Å²) in [4.78, 5) is 18.0. The standard InChI is InChI=1S/C14H21BrN2O3/c1-14(2,3)20-13(18)17(4)12(9-19-5)11-7-6-10(15)8-16-11/h6-8,12H,9H2,1-5H3. The van der Waals surface area contributed by atoms with Gasteiger partial charge in [-0.2, -0.15) is 0 Å². The lowest BCUT2D eigenvalue weighted by Crippen LogP contribution is -2.38. The van der Waals surface area contributed by atoms with Crippen LogP contribution in [0.1, 0.15) is 32.5 Å². The second kappa shape index (κ2) is 7.04. The van der Waals surface area contributed by atoms with Crippen molar-refractivity contribution in [3.05, 3.63) is 28.5 Å². The van der Waals surface area contributed by atoms with Gasteiger partial charge in [0, 0.05) is 24.8 Å². The highest BCUT2D eigenvalue weighted by Crippen LogP contribution is 2.21. The van der Waals surface area contributed by atoms with E-state index >= 15 is 0 Å². The van der Waals surface area contributed by atoms with Crippen molar-refractivity contribution in [1.82, 2.24) is 9.88 Å². The smallest absolute Gasteiger partial charge is 0.410 e. The van der Waals surface area contributed by atoms with Gasteiger partial charge in [0.15, 0.2) is 0 Å². The first-order valence-corrected chi connectivity index (χ1v) is 7.10. The van der Waals surface area contributed by atoms with Gasteiger partial charge in [-0.05, 0) is 48.8 Å². The van der Waals surface area contributed by atoms with Crippen molar-refractivity contribution >= 4 is 22.0 Å². The molecule has 6 heteroatoms. The van der Waals surface area contributed by atoms with E-state index in [4.69, 9.17) is 9.47 Å². The lowest BCUT2D eigenvalue weighted by Gasteiger charge is -2.30. The van der Waals surface area contributed by atoms with Gasteiger partial charge >= 0.3 is 6.09 Å². The van der Waals surface area contributed by atoms with E-state index in [1.165, 1.54) is 4.90 Å². The molecule has 1 atom stereocenters. The van der Waals surface area contributed by atoms with Crippen LogP contribution in [0.3, 0.4) is 0 Å². The maximum atomic E-state index is 12.1. The SMILES string of the molecule is COCC(c1ccc(Br)cn1)N(C)C(=O)OC(C)(C)C. The molecule has 1 amide bonds. The average molecular weight is 345 g/mol. The van der Waals surface area contributed by atoms with Crippen LogP contribution >= 0.6 is 15.9 Å². The largest absolute Gasteiger partial charge is 0.444 e. The molecule has 0 aliphatic heterocycles. The predicted molar refractivity (Wildman–Crippen MR) is 80.6 cm³/mol. The molecule has 112 valence electrons. The zero-order valence-corrected chi connectivity index (χ0v) is 14.1. The van der Waals surface area contributed by atoms with Gasteiger partial charge in [-0.3, -0.25) is 4.98 Å². The van der Waals surface area contributed by atoms with Crippen LogP contribution in [0.5, 0.6) is 0 Å². The quantitative estimate of drug-likeness (QED) is 0.839. The Labute approximate surface area is 128 Å². The molecular weight excluding hydrogens is 324 g/mol. The third-order valence-electron chi connectivity index (χ3n) is 2.57. The highest BCUT2D eigenvalue weighted by molar-refractivity contribution is 9.10. The van der Waals surface area contributed by atoms with Crippen LogP contribution in [0.25, 0.3) is 0 Å². The van der Waals surface area contributed by atoms with E-state index in [0.29, 0.717) is 6.61 Å². The fourth-order valence-electron chi connectivity index (χ4n) is 1.60. The Morgan fingerprint density at radius 2 is 2.10 bits per heavy atom. The third kappa shape index (κ3) is 5.09. The molecule has 0 saturated heterocycles. The minimum absolute atomic E-state index is 0.289. The molecule has 0 aliphatic carbocycles. The van der Waals surface area contributed by atoms with Gasteiger partial charge in [0.25, 0.3) is 0 Å².